The SMILES string of the molecule is CCN(CC)c1ccc(/C=N/NC(=O)Cc2ccc(OC)c(OC)c2)c(O)c1. The zero-order valence-corrected chi connectivity index (χ0v) is 16.7. The van der Waals surface area contributed by atoms with Gasteiger partial charge in [0.05, 0.1) is 26.9 Å². The number of nitrogens with one attached hydrogen (secondary N) is 1. The molecule has 0 spiro atoms. The van der Waals surface area contributed by atoms with Crippen molar-refractivity contribution in [3.63, 3.8) is 0 Å². The van der Waals surface area contributed by atoms with Crippen LogP contribution in [0.25, 0.3) is 0 Å². The van der Waals surface area contributed by atoms with Crippen LogP contribution in [0.5, 0.6) is 17.2 Å². The Labute approximate surface area is 165 Å². The van der Waals surface area contributed by atoms with Crippen LogP contribution in [0.4, 0.5) is 5.69 Å². The highest BCUT2D eigenvalue weighted by Crippen LogP contribution is 2.27. The Morgan fingerprint density at radius 2 is 1.82 bits per heavy atom. The number of nitrogens with zero attached hydrogens (tertiary/aromatic N) is 2. The van der Waals surface area contributed by atoms with Gasteiger partial charge in [-0.2, -0.15) is 5.10 Å². The first-order valence-corrected chi connectivity index (χ1v) is 9.13. The quantitative estimate of drug-likeness (QED) is 0.512. The number of rotatable bonds is 9. The van der Waals surface area contributed by atoms with Gasteiger partial charge in [0, 0.05) is 30.4 Å². The number of amides is 1. The summed E-state index contributed by atoms with van der Waals surface area (Å²) in [7, 11) is 3.10. The zero-order chi connectivity index (χ0) is 20.5. The molecule has 7 heteroatoms. The van der Waals surface area contributed by atoms with Gasteiger partial charge in [-0.15, -0.1) is 0 Å². The molecule has 0 radical (unpaired) electrons. The van der Waals surface area contributed by atoms with Crippen molar-refractivity contribution in [3.8, 4) is 17.2 Å². The lowest BCUT2D eigenvalue weighted by atomic mass is 10.1. The summed E-state index contributed by atoms with van der Waals surface area (Å²) in [6.45, 7) is 5.83. The van der Waals surface area contributed by atoms with E-state index < -0.39 is 0 Å². The van der Waals surface area contributed by atoms with E-state index >= 15 is 0 Å². The normalized spacial score (nSPS) is 10.7. The first kappa shape index (κ1) is 21.1. The number of phenolic OH excluding ortho intramolecular Hbond substituents is 1. The number of methoxy groups -OCH3 is 2. The van der Waals surface area contributed by atoms with Crippen LogP contribution in [0.3, 0.4) is 0 Å². The Bertz CT molecular complexity index is 832. The molecule has 0 aromatic heterocycles. The molecule has 0 saturated carbocycles. The third kappa shape index (κ3) is 5.39. The molecule has 28 heavy (non-hydrogen) atoms. The van der Waals surface area contributed by atoms with Gasteiger partial charge in [-0.25, -0.2) is 5.43 Å². The van der Waals surface area contributed by atoms with Crippen LogP contribution in [-0.2, 0) is 11.2 Å². The number of hydrazone groups is 1. The number of benzene rings is 2. The topological polar surface area (TPSA) is 83.4 Å². The molecule has 2 aromatic carbocycles. The lowest BCUT2D eigenvalue weighted by Gasteiger charge is -2.21. The Balaban J connectivity index is 1.98. The molecule has 0 unspecified atom stereocenters. The van der Waals surface area contributed by atoms with Gasteiger partial charge in [-0.05, 0) is 43.7 Å². The molecular weight excluding hydrogens is 358 g/mol. The minimum absolute atomic E-state index is 0.113. The van der Waals surface area contributed by atoms with E-state index in [-0.39, 0.29) is 18.1 Å². The van der Waals surface area contributed by atoms with E-state index in [1.807, 2.05) is 6.07 Å². The van der Waals surface area contributed by atoms with Crippen molar-refractivity contribution in [1.29, 1.82) is 0 Å². The highest BCUT2D eigenvalue weighted by atomic mass is 16.5. The van der Waals surface area contributed by atoms with E-state index in [1.54, 1.807) is 44.6 Å². The van der Waals surface area contributed by atoms with Crippen molar-refractivity contribution < 1.29 is 19.4 Å². The fraction of sp³-hybridized carbons (Fsp3) is 0.333. The highest BCUT2D eigenvalue weighted by molar-refractivity contribution is 5.86. The summed E-state index contributed by atoms with van der Waals surface area (Å²) in [6, 6.07) is 10.7. The van der Waals surface area contributed by atoms with Gasteiger partial charge >= 0.3 is 0 Å². The average Bonchev–Trinajstić information content (AvgIpc) is 2.70. The van der Waals surface area contributed by atoms with Gasteiger partial charge in [0.2, 0.25) is 5.91 Å². The van der Waals surface area contributed by atoms with Crippen molar-refractivity contribution in [1.82, 2.24) is 5.43 Å². The van der Waals surface area contributed by atoms with Crippen LogP contribution >= 0.6 is 0 Å². The van der Waals surface area contributed by atoms with Crippen LogP contribution in [0, 0.1) is 0 Å². The molecule has 0 saturated heterocycles. The van der Waals surface area contributed by atoms with Crippen molar-refractivity contribution in [2.45, 2.75) is 20.3 Å². The van der Waals surface area contributed by atoms with E-state index in [4.69, 9.17) is 9.47 Å². The van der Waals surface area contributed by atoms with E-state index in [9.17, 15) is 9.90 Å². The van der Waals surface area contributed by atoms with Crippen LogP contribution in [-0.4, -0.2) is 44.5 Å². The molecule has 0 atom stereocenters. The number of aromatic hydroxyl groups is 1. The molecule has 2 aromatic rings. The molecule has 0 aliphatic heterocycles. The largest absolute Gasteiger partial charge is 0.507 e. The zero-order valence-electron chi connectivity index (χ0n) is 16.7. The third-order valence-corrected chi connectivity index (χ3v) is 4.35. The Morgan fingerprint density at radius 1 is 1.11 bits per heavy atom. The second-order valence-corrected chi connectivity index (χ2v) is 6.07. The molecule has 0 bridgehead atoms. The lowest BCUT2D eigenvalue weighted by molar-refractivity contribution is -0.120. The number of hydrogen-bond donors (Lipinski definition) is 2. The van der Waals surface area contributed by atoms with Crippen LogP contribution < -0.4 is 19.8 Å². The summed E-state index contributed by atoms with van der Waals surface area (Å²) in [5, 5.41) is 14.1. The second-order valence-electron chi connectivity index (χ2n) is 6.07. The van der Waals surface area contributed by atoms with Crippen LogP contribution in [0.1, 0.15) is 25.0 Å². The molecule has 0 heterocycles. The van der Waals surface area contributed by atoms with Gasteiger partial charge < -0.3 is 19.5 Å². The maximum Gasteiger partial charge on any atom is 0.244 e. The molecule has 7 nitrogen and oxygen atoms in total. The molecule has 2 N–H and O–H groups in total. The summed E-state index contributed by atoms with van der Waals surface area (Å²) < 4.78 is 10.4. The Morgan fingerprint density at radius 3 is 2.43 bits per heavy atom. The number of carbonyl (C=O) groups excluding carboxylic acids is 1. The molecule has 150 valence electrons. The maximum atomic E-state index is 12.1. The predicted octanol–water partition coefficient (Wildman–Crippen LogP) is 2.95. The monoisotopic (exact) mass is 385 g/mol. The van der Waals surface area contributed by atoms with Crippen LogP contribution in [0.15, 0.2) is 41.5 Å². The van der Waals surface area contributed by atoms with E-state index in [0.29, 0.717) is 17.1 Å². The van der Waals surface area contributed by atoms with Crippen molar-refractivity contribution in [2.24, 2.45) is 5.10 Å². The standard InChI is InChI=1S/C21H27N3O4/c1-5-24(6-2)17-9-8-16(18(25)13-17)14-22-23-21(26)12-15-7-10-19(27-3)20(11-15)28-4/h7-11,13-14,25H,5-6,12H2,1-4H3,(H,23,26)/b22-14+. The average molecular weight is 385 g/mol. The van der Waals surface area contributed by atoms with Gasteiger partial charge in [-0.1, -0.05) is 6.07 Å². The predicted molar refractivity (Wildman–Crippen MR) is 111 cm³/mol. The molecule has 0 aliphatic rings. The van der Waals surface area contributed by atoms with Crippen LogP contribution in [0.2, 0.25) is 0 Å². The van der Waals surface area contributed by atoms with Crippen molar-refractivity contribution in [3.05, 3.63) is 47.5 Å². The Hall–Kier alpha value is -3.22. The summed E-state index contributed by atoms with van der Waals surface area (Å²) in [4.78, 5) is 14.2. The highest BCUT2D eigenvalue weighted by Gasteiger charge is 2.08. The maximum absolute atomic E-state index is 12.1. The van der Waals surface area contributed by atoms with Gasteiger partial charge in [0.25, 0.3) is 0 Å². The molecule has 0 aliphatic carbocycles. The van der Waals surface area contributed by atoms with E-state index in [1.165, 1.54) is 6.21 Å². The van der Waals surface area contributed by atoms with Gasteiger partial charge in [-0.3, -0.25) is 4.79 Å². The Kier molecular flexibility index (Phi) is 7.68. The number of carbonyl (C=O) groups is 1. The summed E-state index contributed by atoms with van der Waals surface area (Å²) in [5.74, 6) is 1.01. The number of ether oxygens (including phenoxy) is 2. The minimum atomic E-state index is -0.275. The summed E-state index contributed by atoms with van der Waals surface area (Å²) >= 11 is 0. The summed E-state index contributed by atoms with van der Waals surface area (Å²) in [5.41, 5.74) is 4.72. The summed E-state index contributed by atoms with van der Waals surface area (Å²) in [6.07, 6.45) is 1.57. The fourth-order valence-corrected chi connectivity index (χ4v) is 2.82. The first-order chi connectivity index (χ1) is 13.5. The lowest BCUT2D eigenvalue weighted by Crippen LogP contribution is -2.21. The number of hydrogen-bond acceptors (Lipinski definition) is 6. The third-order valence-electron chi connectivity index (χ3n) is 4.35. The smallest absolute Gasteiger partial charge is 0.244 e. The second kappa shape index (κ2) is 10.2. The van der Waals surface area contributed by atoms with Crippen molar-refractivity contribution >= 4 is 17.8 Å². The van der Waals surface area contributed by atoms with Gasteiger partial charge in [0.15, 0.2) is 11.5 Å². The fourth-order valence-electron chi connectivity index (χ4n) is 2.82. The molecule has 0 fully saturated rings. The molecule has 2 rings (SSSR count). The molecular formula is C21H27N3O4. The van der Waals surface area contributed by atoms with Gasteiger partial charge in [0.1, 0.15) is 5.75 Å². The number of anilines is 1. The van der Waals surface area contributed by atoms with E-state index in [2.05, 4.69) is 29.3 Å². The van der Waals surface area contributed by atoms with Crippen molar-refractivity contribution in [2.75, 3.05) is 32.2 Å². The molecule has 1 amide bonds. The minimum Gasteiger partial charge on any atom is -0.507 e. The first-order valence-electron chi connectivity index (χ1n) is 9.13. The van der Waals surface area contributed by atoms with E-state index in [0.717, 1.165) is 24.3 Å². The number of phenols is 1.